The summed E-state index contributed by atoms with van der Waals surface area (Å²) >= 11 is 0. The molecule has 0 amide bonds. The minimum absolute atomic E-state index is 0.173. The molecule has 20 heavy (non-hydrogen) atoms. The van der Waals surface area contributed by atoms with Crippen LogP contribution < -0.4 is 5.73 Å². The largest absolute Gasteiger partial charge is 0.380 e. The molecule has 4 nitrogen and oxygen atoms in total. The van der Waals surface area contributed by atoms with Crippen molar-refractivity contribution in [2.45, 2.75) is 13.8 Å². The van der Waals surface area contributed by atoms with Gasteiger partial charge in [0.25, 0.3) is 0 Å². The van der Waals surface area contributed by atoms with Gasteiger partial charge in [-0.05, 0) is 25.5 Å². The molecule has 0 atom stereocenters. The number of oxime groups is 1. The summed E-state index contributed by atoms with van der Waals surface area (Å²) in [5, 5.41) is 3.69. The molecule has 0 aliphatic heterocycles. The van der Waals surface area contributed by atoms with Crippen molar-refractivity contribution in [3.63, 3.8) is 0 Å². The zero-order valence-corrected chi connectivity index (χ0v) is 11.5. The summed E-state index contributed by atoms with van der Waals surface area (Å²) in [6.45, 7) is 3.82. The van der Waals surface area contributed by atoms with Gasteiger partial charge in [0, 0.05) is 5.56 Å². The van der Waals surface area contributed by atoms with Gasteiger partial charge in [-0.1, -0.05) is 53.2 Å². The van der Waals surface area contributed by atoms with Gasteiger partial charge < -0.3 is 10.6 Å². The molecule has 0 fully saturated rings. The van der Waals surface area contributed by atoms with Gasteiger partial charge in [-0.25, -0.2) is 4.79 Å². The molecule has 0 aromatic heterocycles. The fourth-order valence-electron chi connectivity index (χ4n) is 1.72. The highest BCUT2D eigenvalue weighted by Crippen LogP contribution is 2.09. The van der Waals surface area contributed by atoms with E-state index in [9.17, 15) is 4.79 Å². The summed E-state index contributed by atoms with van der Waals surface area (Å²) in [5.41, 5.74) is 8.94. The SMILES string of the molecule is Cc1ccc(/C(N)=N/OC(=O)c2ccccc2C)cc1. The van der Waals surface area contributed by atoms with Crippen LogP contribution in [-0.2, 0) is 4.84 Å². The quantitative estimate of drug-likeness (QED) is 0.403. The van der Waals surface area contributed by atoms with Crippen LogP contribution in [0.3, 0.4) is 0 Å². The standard InChI is InChI=1S/C16H16N2O2/c1-11-7-9-13(10-8-11)15(17)18-20-16(19)14-6-4-3-5-12(14)2/h3-10H,1-2H3,(H2,17,18). The number of carbonyl (C=O) groups is 1. The van der Waals surface area contributed by atoms with E-state index < -0.39 is 5.97 Å². The maximum absolute atomic E-state index is 11.9. The summed E-state index contributed by atoms with van der Waals surface area (Å²) in [6.07, 6.45) is 0. The molecule has 2 N–H and O–H groups in total. The number of carbonyl (C=O) groups excluding carboxylic acids is 1. The van der Waals surface area contributed by atoms with Crippen LogP contribution in [0.15, 0.2) is 53.7 Å². The third-order valence-electron chi connectivity index (χ3n) is 2.94. The number of nitrogens with two attached hydrogens (primary N) is 1. The smallest absolute Gasteiger partial charge is 0.366 e. The van der Waals surface area contributed by atoms with Crippen LogP contribution in [0.5, 0.6) is 0 Å². The Kier molecular flexibility index (Phi) is 4.15. The molecule has 0 unspecified atom stereocenters. The van der Waals surface area contributed by atoms with E-state index >= 15 is 0 Å². The topological polar surface area (TPSA) is 64.7 Å². The zero-order chi connectivity index (χ0) is 14.5. The Morgan fingerprint density at radius 3 is 2.35 bits per heavy atom. The predicted octanol–water partition coefficient (Wildman–Crippen LogP) is 2.78. The van der Waals surface area contributed by atoms with Crippen molar-refractivity contribution < 1.29 is 9.63 Å². The van der Waals surface area contributed by atoms with Crippen LogP contribution in [0.1, 0.15) is 27.0 Å². The average Bonchev–Trinajstić information content (AvgIpc) is 2.45. The minimum atomic E-state index is -0.516. The van der Waals surface area contributed by atoms with Crippen LogP contribution in [0.25, 0.3) is 0 Å². The molecular formula is C16H16N2O2. The molecule has 0 saturated carbocycles. The van der Waals surface area contributed by atoms with Crippen molar-refractivity contribution in [3.8, 4) is 0 Å². The van der Waals surface area contributed by atoms with Crippen molar-refractivity contribution >= 4 is 11.8 Å². The minimum Gasteiger partial charge on any atom is -0.380 e. The second-order valence-corrected chi connectivity index (χ2v) is 4.54. The monoisotopic (exact) mass is 268 g/mol. The lowest BCUT2D eigenvalue weighted by Crippen LogP contribution is -2.15. The molecular weight excluding hydrogens is 252 g/mol. The van der Waals surface area contributed by atoms with Crippen molar-refractivity contribution in [2.24, 2.45) is 10.9 Å². The third kappa shape index (κ3) is 3.23. The second-order valence-electron chi connectivity index (χ2n) is 4.54. The maximum Gasteiger partial charge on any atom is 0.366 e. The van der Waals surface area contributed by atoms with E-state index in [2.05, 4.69) is 5.16 Å². The van der Waals surface area contributed by atoms with Crippen LogP contribution in [0.4, 0.5) is 0 Å². The lowest BCUT2D eigenvalue weighted by Gasteiger charge is -2.03. The Hall–Kier alpha value is -2.62. The van der Waals surface area contributed by atoms with Gasteiger partial charge in [0.15, 0.2) is 5.84 Å². The van der Waals surface area contributed by atoms with Crippen LogP contribution in [-0.4, -0.2) is 11.8 Å². The number of amidine groups is 1. The van der Waals surface area contributed by atoms with Crippen LogP contribution in [0.2, 0.25) is 0 Å². The number of hydrogen-bond acceptors (Lipinski definition) is 3. The van der Waals surface area contributed by atoms with E-state index in [-0.39, 0.29) is 5.84 Å². The Morgan fingerprint density at radius 2 is 1.70 bits per heavy atom. The number of nitrogens with zero attached hydrogens (tertiary/aromatic N) is 1. The molecule has 102 valence electrons. The first-order valence-electron chi connectivity index (χ1n) is 6.25. The van der Waals surface area contributed by atoms with Gasteiger partial charge in [-0.2, -0.15) is 0 Å². The first kappa shape index (κ1) is 13.8. The highest BCUT2D eigenvalue weighted by molar-refractivity contribution is 5.98. The molecule has 0 radical (unpaired) electrons. The molecule has 0 aliphatic rings. The Labute approximate surface area is 117 Å². The van der Waals surface area contributed by atoms with E-state index in [1.807, 2.05) is 50.2 Å². The van der Waals surface area contributed by atoms with E-state index in [1.54, 1.807) is 12.1 Å². The molecule has 0 saturated heterocycles. The maximum atomic E-state index is 11.9. The number of rotatable bonds is 3. The fourth-order valence-corrected chi connectivity index (χ4v) is 1.72. The lowest BCUT2D eigenvalue weighted by molar-refractivity contribution is 0.0515. The van der Waals surface area contributed by atoms with Crippen LogP contribution in [0, 0.1) is 13.8 Å². The highest BCUT2D eigenvalue weighted by Gasteiger charge is 2.10. The molecule has 0 aliphatic carbocycles. The van der Waals surface area contributed by atoms with E-state index in [0.29, 0.717) is 11.1 Å². The summed E-state index contributed by atoms with van der Waals surface area (Å²) in [6, 6.07) is 14.7. The van der Waals surface area contributed by atoms with E-state index in [1.165, 1.54) is 0 Å². The molecule has 0 spiro atoms. The Bertz CT molecular complexity index is 646. The van der Waals surface area contributed by atoms with Gasteiger partial charge in [0.2, 0.25) is 0 Å². The van der Waals surface area contributed by atoms with Crippen molar-refractivity contribution in [3.05, 3.63) is 70.8 Å². The van der Waals surface area contributed by atoms with Crippen molar-refractivity contribution in [1.82, 2.24) is 0 Å². The first-order chi connectivity index (χ1) is 9.58. The normalized spacial score (nSPS) is 11.2. The molecule has 2 aromatic rings. The van der Waals surface area contributed by atoms with E-state index in [4.69, 9.17) is 10.6 Å². The second kappa shape index (κ2) is 6.02. The lowest BCUT2D eigenvalue weighted by atomic mass is 10.1. The molecule has 0 heterocycles. The van der Waals surface area contributed by atoms with Crippen molar-refractivity contribution in [1.29, 1.82) is 0 Å². The molecule has 2 rings (SSSR count). The van der Waals surface area contributed by atoms with Gasteiger partial charge in [0.1, 0.15) is 0 Å². The summed E-state index contributed by atoms with van der Waals surface area (Å²) < 4.78 is 0. The Morgan fingerprint density at radius 1 is 1.05 bits per heavy atom. The number of aryl methyl sites for hydroxylation is 2. The van der Waals surface area contributed by atoms with Gasteiger partial charge >= 0.3 is 5.97 Å². The third-order valence-corrected chi connectivity index (χ3v) is 2.94. The predicted molar refractivity (Wildman–Crippen MR) is 78.5 cm³/mol. The van der Waals surface area contributed by atoms with Gasteiger partial charge in [-0.15, -0.1) is 0 Å². The highest BCUT2D eigenvalue weighted by atomic mass is 16.7. The van der Waals surface area contributed by atoms with Gasteiger partial charge in [0.05, 0.1) is 5.56 Å². The van der Waals surface area contributed by atoms with Crippen molar-refractivity contribution in [2.75, 3.05) is 0 Å². The average molecular weight is 268 g/mol. The van der Waals surface area contributed by atoms with E-state index in [0.717, 1.165) is 11.1 Å². The van der Waals surface area contributed by atoms with Gasteiger partial charge in [-0.3, -0.25) is 0 Å². The number of hydrogen-bond donors (Lipinski definition) is 1. The molecule has 4 heteroatoms. The molecule has 0 bridgehead atoms. The number of benzene rings is 2. The Balaban J connectivity index is 2.11. The van der Waals surface area contributed by atoms with Crippen LogP contribution >= 0.6 is 0 Å². The zero-order valence-electron chi connectivity index (χ0n) is 11.5. The summed E-state index contributed by atoms with van der Waals surface area (Å²) in [4.78, 5) is 16.7. The summed E-state index contributed by atoms with van der Waals surface area (Å²) in [7, 11) is 0. The first-order valence-corrected chi connectivity index (χ1v) is 6.25. The summed E-state index contributed by atoms with van der Waals surface area (Å²) in [5.74, 6) is -0.343. The molecule has 2 aromatic carbocycles. The fraction of sp³-hybridized carbons (Fsp3) is 0.125.